The lowest BCUT2D eigenvalue weighted by molar-refractivity contribution is -0.135. The summed E-state index contributed by atoms with van der Waals surface area (Å²) in [6.07, 6.45) is 4.64. The van der Waals surface area contributed by atoms with Crippen LogP contribution in [-0.2, 0) is 14.3 Å². The Hall–Kier alpha value is -2.33. The number of hydrogen-bond donors (Lipinski definition) is 1. The Kier molecular flexibility index (Phi) is 9.20. The van der Waals surface area contributed by atoms with Crippen molar-refractivity contribution in [2.45, 2.75) is 26.7 Å². The third-order valence-electron chi connectivity index (χ3n) is 3.56. The summed E-state index contributed by atoms with van der Waals surface area (Å²) in [5.74, 6) is 0.239. The number of methoxy groups -OCH3 is 1. The molecular formula is C19H22BrN3O5S. The van der Waals surface area contributed by atoms with Gasteiger partial charge >= 0.3 is 5.97 Å². The summed E-state index contributed by atoms with van der Waals surface area (Å²) < 4.78 is 16.7. The number of amides is 1. The number of ether oxygens (including phenoxy) is 3. The van der Waals surface area contributed by atoms with Crippen LogP contribution in [-0.4, -0.2) is 43.6 Å². The first kappa shape index (κ1) is 23.0. The average molecular weight is 484 g/mol. The summed E-state index contributed by atoms with van der Waals surface area (Å²) in [6, 6.07) is 3.64. The van der Waals surface area contributed by atoms with Crippen LogP contribution >= 0.6 is 27.7 Å². The molecule has 1 N–H and O–H groups in total. The maximum atomic E-state index is 11.8. The van der Waals surface area contributed by atoms with E-state index in [2.05, 4.69) is 43.1 Å². The fraction of sp³-hybridized carbons (Fsp3) is 0.368. The number of amidine groups is 1. The van der Waals surface area contributed by atoms with Crippen molar-refractivity contribution in [2.24, 2.45) is 10.2 Å². The van der Waals surface area contributed by atoms with E-state index in [9.17, 15) is 9.59 Å². The van der Waals surface area contributed by atoms with Crippen LogP contribution in [0.15, 0.2) is 37.8 Å². The van der Waals surface area contributed by atoms with Crippen LogP contribution < -0.4 is 14.8 Å². The minimum Gasteiger partial charge on any atom is -0.490 e. The Labute approximate surface area is 181 Å². The van der Waals surface area contributed by atoms with Crippen molar-refractivity contribution in [3.8, 4) is 11.5 Å². The number of unbranched alkanes of at least 4 members (excludes halogenated alkanes) is 1. The van der Waals surface area contributed by atoms with E-state index in [1.807, 2.05) is 19.1 Å². The smallest absolute Gasteiger partial charge is 0.331 e. The summed E-state index contributed by atoms with van der Waals surface area (Å²) in [5.41, 5.74) is 0.736. The summed E-state index contributed by atoms with van der Waals surface area (Å²) in [4.78, 5) is 23.3. The predicted molar refractivity (Wildman–Crippen MR) is 117 cm³/mol. The highest BCUT2D eigenvalue weighted by Crippen LogP contribution is 2.33. The Balaban J connectivity index is 2.14. The van der Waals surface area contributed by atoms with E-state index in [4.69, 9.17) is 9.47 Å². The molecule has 29 heavy (non-hydrogen) atoms. The zero-order valence-electron chi connectivity index (χ0n) is 16.4. The second-order valence-corrected chi connectivity index (χ2v) is 7.58. The normalized spacial score (nSPS) is 16.5. The lowest BCUT2D eigenvalue weighted by Gasteiger charge is -2.13. The van der Waals surface area contributed by atoms with Crippen molar-refractivity contribution < 1.29 is 23.8 Å². The van der Waals surface area contributed by atoms with Gasteiger partial charge in [0.25, 0.3) is 5.91 Å². The summed E-state index contributed by atoms with van der Waals surface area (Å²) in [6.45, 7) is 5.12. The SMILES string of the molecule is CCCCOc1cc(Br)c(C=N/N=C2/NC(=O)/C(=C\C(=O)OC)S2)cc1OCC. The molecule has 8 nitrogen and oxygen atoms in total. The van der Waals surface area contributed by atoms with E-state index in [0.717, 1.165) is 40.7 Å². The van der Waals surface area contributed by atoms with Crippen LogP contribution in [0.1, 0.15) is 32.3 Å². The van der Waals surface area contributed by atoms with Gasteiger partial charge in [-0.25, -0.2) is 4.79 Å². The molecule has 0 aliphatic carbocycles. The fourth-order valence-corrected chi connectivity index (χ4v) is 3.31. The molecule has 1 fully saturated rings. The van der Waals surface area contributed by atoms with Gasteiger partial charge in [-0.1, -0.05) is 13.3 Å². The molecule has 1 aliphatic heterocycles. The molecule has 0 atom stereocenters. The topological polar surface area (TPSA) is 98.6 Å². The number of carbonyl (C=O) groups excluding carboxylic acids is 2. The summed E-state index contributed by atoms with van der Waals surface area (Å²) >= 11 is 4.50. The number of rotatable bonds is 9. The molecule has 0 aromatic heterocycles. The maximum Gasteiger partial charge on any atom is 0.331 e. The molecule has 0 saturated carbocycles. The molecular weight excluding hydrogens is 462 g/mol. The quantitative estimate of drug-likeness (QED) is 0.189. The number of nitrogens with zero attached hydrogens (tertiary/aromatic N) is 2. The largest absolute Gasteiger partial charge is 0.490 e. The number of benzene rings is 1. The fourth-order valence-electron chi connectivity index (χ4n) is 2.14. The second-order valence-electron chi connectivity index (χ2n) is 5.69. The van der Waals surface area contributed by atoms with Gasteiger partial charge in [0.05, 0.1) is 31.4 Å². The molecule has 2 rings (SSSR count). The van der Waals surface area contributed by atoms with Gasteiger partial charge < -0.3 is 14.2 Å². The molecule has 156 valence electrons. The van der Waals surface area contributed by atoms with E-state index in [1.54, 1.807) is 0 Å². The van der Waals surface area contributed by atoms with E-state index >= 15 is 0 Å². The van der Waals surface area contributed by atoms with Gasteiger partial charge in [0.15, 0.2) is 16.7 Å². The maximum absolute atomic E-state index is 11.8. The zero-order chi connectivity index (χ0) is 21.2. The van der Waals surface area contributed by atoms with Gasteiger partial charge in [0.2, 0.25) is 0 Å². The van der Waals surface area contributed by atoms with Gasteiger partial charge in [0.1, 0.15) is 0 Å². The number of esters is 1. The van der Waals surface area contributed by atoms with Gasteiger partial charge in [0, 0.05) is 16.1 Å². The van der Waals surface area contributed by atoms with Crippen molar-refractivity contribution in [1.82, 2.24) is 5.32 Å². The van der Waals surface area contributed by atoms with E-state index in [1.165, 1.54) is 13.3 Å². The minimum absolute atomic E-state index is 0.194. The standard InChI is InChI=1S/C19H22BrN3O5S/c1-4-6-7-28-15-9-13(20)12(8-14(15)27-5-2)11-21-23-19-22-18(25)16(29-19)10-17(24)26-3/h8-11H,4-7H2,1-3H3,(H,22,23,25)/b16-10+,21-11?. The molecule has 1 aromatic rings. The molecule has 10 heteroatoms. The highest BCUT2D eigenvalue weighted by molar-refractivity contribution is 9.10. The number of nitrogens with one attached hydrogen (secondary N) is 1. The molecule has 0 unspecified atom stereocenters. The summed E-state index contributed by atoms with van der Waals surface area (Å²) in [7, 11) is 1.24. The van der Waals surface area contributed by atoms with E-state index in [-0.39, 0.29) is 10.1 Å². The van der Waals surface area contributed by atoms with Crippen LogP contribution in [0.5, 0.6) is 11.5 Å². The first-order valence-electron chi connectivity index (χ1n) is 8.97. The lowest BCUT2D eigenvalue weighted by atomic mass is 10.2. The molecule has 0 bridgehead atoms. The predicted octanol–water partition coefficient (Wildman–Crippen LogP) is 3.64. The second kappa shape index (κ2) is 11.6. The monoisotopic (exact) mass is 483 g/mol. The van der Waals surface area contributed by atoms with Crippen LogP contribution in [0.3, 0.4) is 0 Å². The highest BCUT2D eigenvalue weighted by atomic mass is 79.9. The molecule has 0 spiro atoms. The lowest BCUT2D eigenvalue weighted by Crippen LogP contribution is -2.19. The number of carbonyl (C=O) groups is 2. The third kappa shape index (κ3) is 6.90. The average Bonchev–Trinajstić information content (AvgIpc) is 3.04. The van der Waals surface area contributed by atoms with Crippen molar-refractivity contribution in [3.63, 3.8) is 0 Å². The Morgan fingerprint density at radius 2 is 2.03 bits per heavy atom. The third-order valence-corrected chi connectivity index (χ3v) is 5.15. The van der Waals surface area contributed by atoms with Crippen LogP contribution in [0.2, 0.25) is 0 Å². The Morgan fingerprint density at radius 1 is 1.28 bits per heavy atom. The van der Waals surface area contributed by atoms with Crippen molar-refractivity contribution in [1.29, 1.82) is 0 Å². The van der Waals surface area contributed by atoms with Crippen molar-refractivity contribution >= 4 is 51.0 Å². The zero-order valence-corrected chi connectivity index (χ0v) is 18.8. The van der Waals surface area contributed by atoms with Gasteiger partial charge in [-0.3, -0.25) is 10.1 Å². The molecule has 1 amide bonds. The Morgan fingerprint density at radius 3 is 2.72 bits per heavy atom. The van der Waals surface area contributed by atoms with Crippen LogP contribution in [0.4, 0.5) is 0 Å². The number of halogens is 1. The first-order chi connectivity index (χ1) is 14.0. The number of thioether (sulfide) groups is 1. The number of hydrogen-bond acceptors (Lipinski definition) is 8. The van der Waals surface area contributed by atoms with E-state index in [0.29, 0.717) is 24.7 Å². The molecule has 1 aromatic carbocycles. The van der Waals surface area contributed by atoms with E-state index < -0.39 is 11.9 Å². The molecule has 1 saturated heterocycles. The minimum atomic E-state index is -0.610. The van der Waals surface area contributed by atoms with Gasteiger partial charge in [-0.05, 0) is 53.2 Å². The van der Waals surface area contributed by atoms with Crippen molar-refractivity contribution in [3.05, 3.63) is 33.2 Å². The molecule has 1 aliphatic rings. The molecule has 1 heterocycles. The van der Waals surface area contributed by atoms with Gasteiger partial charge in [-0.15, -0.1) is 5.10 Å². The van der Waals surface area contributed by atoms with Crippen LogP contribution in [0.25, 0.3) is 0 Å². The molecule has 0 radical (unpaired) electrons. The summed E-state index contributed by atoms with van der Waals surface area (Å²) in [5, 5.41) is 10.8. The van der Waals surface area contributed by atoms with Crippen LogP contribution in [0, 0.1) is 0 Å². The van der Waals surface area contributed by atoms with Gasteiger partial charge in [-0.2, -0.15) is 5.10 Å². The van der Waals surface area contributed by atoms with Crippen molar-refractivity contribution in [2.75, 3.05) is 20.3 Å². The highest BCUT2D eigenvalue weighted by Gasteiger charge is 2.25. The first-order valence-corrected chi connectivity index (χ1v) is 10.6. The Bertz CT molecular complexity index is 854.